The van der Waals surface area contributed by atoms with E-state index in [1.807, 2.05) is 0 Å². The van der Waals surface area contributed by atoms with Gasteiger partial charge in [-0.1, -0.05) is 12.1 Å². The zero-order valence-electron chi connectivity index (χ0n) is 12.6. The molecule has 128 valence electrons. The number of halogens is 3. The highest BCUT2D eigenvalue weighted by atomic mass is 19.4. The van der Waals surface area contributed by atoms with Crippen molar-refractivity contribution in [1.82, 2.24) is 5.32 Å². The molecule has 1 aromatic carbocycles. The second kappa shape index (κ2) is 8.05. The van der Waals surface area contributed by atoms with Crippen LogP contribution in [0.2, 0.25) is 0 Å². The topological polar surface area (TPSA) is 68.9 Å². The highest BCUT2D eigenvalue weighted by Gasteiger charge is 2.30. The Morgan fingerprint density at radius 2 is 2.09 bits per heavy atom. The molecule has 1 aliphatic rings. The number of nitrogens with one attached hydrogen (secondary N) is 1. The van der Waals surface area contributed by atoms with E-state index in [0.29, 0.717) is 12.5 Å². The van der Waals surface area contributed by atoms with Crippen molar-refractivity contribution in [2.45, 2.75) is 38.3 Å². The largest absolute Gasteiger partial charge is 0.573 e. The molecule has 8 heteroatoms. The van der Waals surface area contributed by atoms with Gasteiger partial charge >= 0.3 is 6.36 Å². The van der Waals surface area contributed by atoms with E-state index in [1.54, 1.807) is 0 Å². The second-order valence-corrected chi connectivity index (χ2v) is 5.24. The molecule has 3 N–H and O–H groups in total. The first-order valence-corrected chi connectivity index (χ1v) is 7.42. The first-order valence-electron chi connectivity index (χ1n) is 7.42. The summed E-state index contributed by atoms with van der Waals surface area (Å²) in [5.41, 5.74) is 6.48. The summed E-state index contributed by atoms with van der Waals surface area (Å²) >= 11 is 0. The van der Waals surface area contributed by atoms with Crippen molar-refractivity contribution in [3.8, 4) is 5.75 Å². The minimum atomic E-state index is -4.68. The Hall–Kier alpha value is -1.96. The van der Waals surface area contributed by atoms with Crippen molar-refractivity contribution in [2.24, 2.45) is 10.7 Å². The summed E-state index contributed by atoms with van der Waals surface area (Å²) in [5.74, 6) is 0.0477. The molecular formula is C15H20F3N3O2. The third kappa shape index (κ3) is 6.77. The van der Waals surface area contributed by atoms with Crippen molar-refractivity contribution in [2.75, 3.05) is 13.2 Å². The molecule has 1 atom stereocenters. The van der Waals surface area contributed by atoms with Crippen molar-refractivity contribution < 1.29 is 22.6 Å². The monoisotopic (exact) mass is 331 g/mol. The van der Waals surface area contributed by atoms with Crippen LogP contribution in [0, 0.1) is 0 Å². The molecule has 1 fully saturated rings. The van der Waals surface area contributed by atoms with Crippen LogP contribution in [0.4, 0.5) is 13.2 Å². The van der Waals surface area contributed by atoms with Gasteiger partial charge in [-0.25, -0.2) is 4.99 Å². The normalized spacial score (nSPS) is 18.9. The second-order valence-electron chi connectivity index (χ2n) is 5.24. The molecule has 0 amide bonds. The van der Waals surface area contributed by atoms with Crippen LogP contribution < -0.4 is 15.8 Å². The summed E-state index contributed by atoms with van der Waals surface area (Å²) < 4.78 is 45.4. The number of ether oxygens (including phenoxy) is 2. The van der Waals surface area contributed by atoms with Crippen molar-refractivity contribution >= 4 is 5.96 Å². The first kappa shape index (κ1) is 17.4. The van der Waals surface area contributed by atoms with Gasteiger partial charge in [0.15, 0.2) is 5.96 Å². The fourth-order valence-corrected chi connectivity index (χ4v) is 2.26. The number of benzene rings is 1. The van der Waals surface area contributed by atoms with Gasteiger partial charge in [0, 0.05) is 13.2 Å². The molecule has 1 saturated heterocycles. The molecule has 0 saturated carbocycles. The average Bonchev–Trinajstić information content (AvgIpc) is 2.98. The van der Waals surface area contributed by atoms with Gasteiger partial charge in [-0.2, -0.15) is 0 Å². The van der Waals surface area contributed by atoms with Crippen LogP contribution in [0.25, 0.3) is 0 Å². The van der Waals surface area contributed by atoms with Crippen LogP contribution in [0.15, 0.2) is 29.3 Å². The maximum atomic E-state index is 12.0. The van der Waals surface area contributed by atoms with Crippen LogP contribution >= 0.6 is 0 Å². The Balaban J connectivity index is 1.72. The molecule has 1 aliphatic heterocycles. The van der Waals surface area contributed by atoms with Gasteiger partial charge in [0.1, 0.15) is 5.75 Å². The number of nitrogens with zero attached hydrogens (tertiary/aromatic N) is 1. The molecule has 1 aromatic rings. The van der Waals surface area contributed by atoms with Crippen LogP contribution in [-0.2, 0) is 11.3 Å². The number of guanidine groups is 1. The first-order chi connectivity index (χ1) is 10.9. The molecule has 0 aliphatic carbocycles. The molecule has 1 heterocycles. The van der Waals surface area contributed by atoms with Crippen molar-refractivity contribution in [1.29, 1.82) is 0 Å². The minimum Gasteiger partial charge on any atom is -0.406 e. The molecular weight excluding hydrogens is 311 g/mol. The highest BCUT2D eigenvalue weighted by molar-refractivity contribution is 5.77. The van der Waals surface area contributed by atoms with Gasteiger partial charge in [-0.3, -0.25) is 0 Å². The summed E-state index contributed by atoms with van der Waals surface area (Å²) in [4.78, 5) is 4.14. The van der Waals surface area contributed by atoms with Gasteiger partial charge < -0.3 is 20.5 Å². The Kier molecular flexibility index (Phi) is 6.09. The average molecular weight is 331 g/mol. The molecule has 2 rings (SSSR count). The SMILES string of the molecule is NC(=NCc1ccc(OC(F)(F)F)cc1)NCCC1CCCO1. The maximum absolute atomic E-state index is 12.0. The lowest BCUT2D eigenvalue weighted by atomic mass is 10.2. The third-order valence-electron chi connectivity index (χ3n) is 3.39. The maximum Gasteiger partial charge on any atom is 0.573 e. The molecule has 1 unspecified atom stereocenters. The standard InChI is InChI=1S/C15H20F3N3O2/c16-15(17,18)23-13-5-3-11(4-6-13)10-21-14(19)20-8-7-12-2-1-9-22-12/h3-6,12H,1-2,7-10H2,(H3,19,20,21). The Labute approximate surface area is 132 Å². The van der Waals surface area contributed by atoms with Crippen LogP contribution in [-0.4, -0.2) is 31.6 Å². The van der Waals surface area contributed by atoms with Gasteiger partial charge in [0.2, 0.25) is 0 Å². The number of aliphatic imine (C=N–C) groups is 1. The van der Waals surface area contributed by atoms with Crippen molar-refractivity contribution in [3.63, 3.8) is 0 Å². The predicted molar refractivity (Wildman–Crippen MR) is 80.0 cm³/mol. The molecule has 0 bridgehead atoms. The summed E-state index contributed by atoms with van der Waals surface area (Å²) in [7, 11) is 0. The fraction of sp³-hybridized carbons (Fsp3) is 0.533. The van der Waals surface area contributed by atoms with E-state index in [4.69, 9.17) is 10.5 Å². The molecule has 0 radical (unpaired) electrons. The van der Waals surface area contributed by atoms with E-state index >= 15 is 0 Å². The Morgan fingerprint density at radius 3 is 2.70 bits per heavy atom. The zero-order valence-corrected chi connectivity index (χ0v) is 12.6. The Morgan fingerprint density at radius 1 is 1.35 bits per heavy atom. The molecule has 0 spiro atoms. The number of alkyl halides is 3. The lowest BCUT2D eigenvalue weighted by Crippen LogP contribution is -2.33. The van der Waals surface area contributed by atoms with E-state index in [2.05, 4.69) is 15.0 Å². The van der Waals surface area contributed by atoms with Crippen LogP contribution in [0.5, 0.6) is 5.75 Å². The van der Waals surface area contributed by atoms with E-state index in [1.165, 1.54) is 24.3 Å². The van der Waals surface area contributed by atoms with E-state index < -0.39 is 6.36 Å². The molecule has 0 aromatic heterocycles. The van der Waals surface area contributed by atoms with Gasteiger partial charge in [0.05, 0.1) is 12.6 Å². The zero-order chi connectivity index (χ0) is 16.7. The lowest BCUT2D eigenvalue weighted by molar-refractivity contribution is -0.274. The quantitative estimate of drug-likeness (QED) is 0.621. The predicted octanol–water partition coefficient (Wildman–Crippen LogP) is 2.56. The van der Waals surface area contributed by atoms with Crippen molar-refractivity contribution in [3.05, 3.63) is 29.8 Å². The van der Waals surface area contributed by atoms with Crippen LogP contribution in [0.1, 0.15) is 24.8 Å². The third-order valence-corrected chi connectivity index (χ3v) is 3.39. The summed E-state index contributed by atoms with van der Waals surface area (Å²) in [6, 6.07) is 5.53. The lowest BCUT2D eigenvalue weighted by Gasteiger charge is -2.10. The summed E-state index contributed by atoms with van der Waals surface area (Å²) in [6.45, 7) is 1.78. The van der Waals surface area contributed by atoms with E-state index in [9.17, 15) is 13.2 Å². The van der Waals surface area contributed by atoms with Gasteiger partial charge in [-0.15, -0.1) is 13.2 Å². The van der Waals surface area contributed by atoms with Gasteiger partial charge in [-0.05, 0) is 37.0 Å². The molecule has 23 heavy (non-hydrogen) atoms. The number of rotatable bonds is 6. The Bertz CT molecular complexity index is 512. The summed E-state index contributed by atoms with van der Waals surface area (Å²) in [5, 5.41) is 3.00. The van der Waals surface area contributed by atoms with Gasteiger partial charge in [0.25, 0.3) is 0 Å². The fourth-order valence-electron chi connectivity index (χ4n) is 2.26. The highest BCUT2D eigenvalue weighted by Crippen LogP contribution is 2.22. The summed E-state index contributed by atoms with van der Waals surface area (Å²) in [6.07, 6.45) is -1.35. The van der Waals surface area contributed by atoms with E-state index in [-0.39, 0.29) is 18.4 Å². The minimum absolute atomic E-state index is 0.257. The number of nitrogens with two attached hydrogens (primary N) is 1. The van der Waals surface area contributed by atoms with E-state index in [0.717, 1.165) is 31.4 Å². The number of hydrogen-bond donors (Lipinski definition) is 2. The smallest absolute Gasteiger partial charge is 0.406 e. The number of hydrogen-bond acceptors (Lipinski definition) is 3. The van der Waals surface area contributed by atoms with Crippen LogP contribution in [0.3, 0.4) is 0 Å². The molecule has 5 nitrogen and oxygen atoms in total.